The standard InChI is InChI=1S/C21H22FN3O2/c1-14-4-10-18(11-5-14)27-15(2)21(26)24-19(20-23-12-13-25(20)3)16-6-8-17(22)9-7-16/h4-13,15,19H,1-3H3,(H,24,26)/t15-,19+/m1/s1. The minimum atomic E-state index is -0.698. The molecule has 0 fully saturated rings. The van der Waals surface area contributed by atoms with Gasteiger partial charge < -0.3 is 14.6 Å². The van der Waals surface area contributed by atoms with Crippen molar-refractivity contribution >= 4 is 5.91 Å². The summed E-state index contributed by atoms with van der Waals surface area (Å²) >= 11 is 0. The van der Waals surface area contributed by atoms with E-state index in [1.807, 2.05) is 42.8 Å². The van der Waals surface area contributed by atoms with E-state index >= 15 is 0 Å². The molecular weight excluding hydrogens is 345 g/mol. The van der Waals surface area contributed by atoms with Crippen LogP contribution in [-0.2, 0) is 11.8 Å². The molecule has 0 unspecified atom stereocenters. The van der Waals surface area contributed by atoms with Crippen molar-refractivity contribution in [3.05, 3.63) is 83.7 Å². The van der Waals surface area contributed by atoms with Gasteiger partial charge in [-0.2, -0.15) is 0 Å². The lowest BCUT2D eigenvalue weighted by Gasteiger charge is -2.22. The number of carbonyl (C=O) groups is 1. The molecule has 0 radical (unpaired) electrons. The van der Waals surface area contributed by atoms with Crippen molar-refractivity contribution in [3.63, 3.8) is 0 Å². The van der Waals surface area contributed by atoms with Crippen LogP contribution in [0.4, 0.5) is 4.39 Å². The number of aromatic nitrogens is 2. The number of ether oxygens (including phenoxy) is 1. The molecule has 0 aliphatic heterocycles. The summed E-state index contributed by atoms with van der Waals surface area (Å²) in [5.74, 6) is 0.656. The maximum atomic E-state index is 13.3. The van der Waals surface area contributed by atoms with Crippen molar-refractivity contribution < 1.29 is 13.9 Å². The number of amides is 1. The van der Waals surface area contributed by atoms with Crippen LogP contribution < -0.4 is 10.1 Å². The summed E-state index contributed by atoms with van der Waals surface area (Å²) in [6, 6.07) is 13.0. The average Bonchev–Trinajstić information content (AvgIpc) is 3.08. The Morgan fingerprint density at radius 3 is 2.41 bits per heavy atom. The van der Waals surface area contributed by atoms with Crippen molar-refractivity contribution in [2.45, 2.75) is 26.0 Å². The third kappa shape index (κ3) is 4.53. The van der Waals surface area contributed by atoms with Gasteiger partial charge in [0, 0.05) is 19.4 Å². The first kappa shape index (κ1) is 18.6. The van der Waals surface area contributed by atoms with Gasteiger partial charge in [0.1, 0.15) is 23.4 Å². The molecule has 0 aliphatic carbocycles. The minimum absolute atomic E-state index is 0.284. The van der Waals surface area contributed by atoms with Gasteiger partial charge in [-0.25, -0.2) is 9.37 Å². The van der Waals surface area contributed by atoms with E-state index in [1.54, 1.807) is 31.5 Å². The number of hydrogen-bond acceptors (Lipinski definition) is 3. The highest BCUT2D eigenvalue weighted by molar-refractivity contribution is 5.81. The van der Waals surface area contributed by atoms with Crippen molar-refractivity contribution in [2.75, 3.05) is 0 Å². The number of carbonyl (C=O) groups excluding carboxylic acids is 1. The largest absolute Gasteiger partial charge is 0.481 e. The Balaban J connectivity index is 1.78. The lowest BCUT2D eigenvalue weighted by molar-refractivity contribution is -0.127. The molecule has 0 saturated heterocycles. The predicted octanol–water partition coefficient (Wildman–Crippen LogP) is 3.54. The smallest absolute Gasteiger partial charge is 0.261 e. The zero-order chi connectivity index (χ0) is 19.4. The number of imidazole rings is 1. The molecule has 1 N–H and O–H groups in total. The molecule has 5 nitrogen and oxygen atoms in total. The average molecular weight is 367 g/mol. The second kappa shape index (κ2) is 8.03. The van der Waals surface area contributed by atoms with Crippen LogP contribution in [0.25, 0.3) is 0 Å². The fourth-order valence-corrected chi connectivity index (χ4v) is 2.74. The molecule has 2 atom stereocenters. The van der Waals surface area contributed by atoms with E-state index in [-0.39, 0.29) is 11.7 Å². The summed E-state index contributed by atoms with van der Waals surface area (Å²) in [6.45, 7) is 3.68. The Labute approximate surface area is 157 Å². The molecule has 2 aromatic carbocycles. The molecule has 0 bridgehead atoms. The van der Waals surface area contributed by atoms with E-state index in [0.717, 1.165) is 11.1 Å². The lowest BCUT2D eigenvalue weighted by Crippen LogP contribution is -2.39. The van der Waals surface area contributed by atoms with Crippen LogP contribution in [0.3, 0.4) is 0 Å². The fourth-order valence-electron chi connectivity index (χ4n) is 2.74. The van der Waals surface area contributed by atoms with Gasteiger partial charge in [0.05, 0.1) is 0 Å². The molecule has 1 amide bonds. The third-order valence-electron chi connectivity index (χ3n) is 4.31. The van der Waals surface area contributed by atoms with Gasteiger partial charge in [0.25, 0.3) is 5.91 Å². The number of aryl methyl sites for hydroxylation is 2. The van der Waals surface area contributed by atoms with Crippen LogP contribution >= 0.6 is 0 Å². The molecule has 1 aromatic heterocycles. The Kier molecular flexibility index (Phi) is 5.54. The second-order valence-corrected chi connectivity index (χ2v) is 6.46. The van der Waals surface area contributed by atoms with E-state index in [4.69, 9.17) is 4.74 Å². The highest BCUT2D eigenvalue weighted by Gasteiger charge is 2.24. The number of rotatable bonds is 6. The summed E-state index contributed by atoms with van der Waals surface area (Å²) in [5.41, 5.74) is 1.85. The van der Waals surface area contributed by atoms with E-state index < -0.39 is 12.1 Å². The number of nitrogens with one attached hydrogen (secondary N) is 1. The van der Waals surface area contributed by atoms with Crippen molar-refractivity contribution in [2.24, 2.45) is 7.05 Å². The summed E-state index contributed by atoms with van der Waals surface area (Å²) in [5, 5.41) is 2.96. The Morgan fingerprint density at radius 2 is 1.81 bits per heavy atom. The van der Waals surface area contributed by atoms with E-state index in [1.165, 1.54) is 12.1 Å². The van der Waals surface area contributed by atoms with Gasteiger partial charge in [-0.3, -0.25) is 4.79 Å². The van der Waals surface area contributed by atoms with E-state index in [0.29, 0.717) is 11.6 Å². The molecule has 1 heterocycles. The number of nitrogens with zero attached hydrogens (tertiary/aromatic N) is 2. The maximum Gasteiger partial charge on any atom is 0.261 e. The summed E-state index contributed by atoms with van der Waals surface area (Å²) < 4.78 is 20.9. The van der Waals surface area contributed by atoms with Crippen LogP contribution in [0.15, 0.2) is 60.9 Å². The van der Waals surface area contributed by atoms with Crippen LogP contribution in [0.5, 0.6) is 5.75 Å². The van der Waals surface area contributed by atoms with Crippen LogP contribution in [-0.4, -0.2) is 21.6 Å². The predicted molar refractivity (Wildman–Crippen MR) is 101 cm³/mol. The number of hydrogen-bond donors (Lipinski definition) is 1. The van der Waals surface area contributed by atoms with Crippen LogP contribution in [0.1, 0.15) is 29.9 Å². The van der Waals surface area contributed by atoms with Gasteiger partial charge in [-0.15, -0.1) is 0 Å². The molecule has 27 heavy (non-hydrogen) atoms. The molecule has 0 spiro atoms. The first-order valence-corrected chi connectivity index (χ1v) is 8.70. The molecule has 0 aliphatic rings. The number of halogens is 1. The minimum Gasteiger partial charge on any atom is -0.481 e. The van der Waals surface area contributed by atoms with Gasteiger partial charge in [-0.05, 0) is 43.7 Å². The first-order chi connectivity index (χ1) is 12.9. The van der Waals surface area contributed by atoms with Gasteiger partial charge in [0.2, 0.25) is 0 Å². The van der Waals surface area contributed by atoms with Crippen molar-refractivity contribution in [1.29, 1.82) is 0 Å². The van der Waals surface area contributed by atoms with E-state index in [9.17, 15) is 9.18 Å². The Bertz CT molecular complexity index is 904. The SMILES string of the molecule is Cc1ccc(O[C@H](C)C(=O)N[C@@H](c2ccc(F)cc2)c2nccn2C)cc1. The molecule has 3 aromatic rings. The fraction of sp³-hybridized carbons (Fsp3) is 0.238. The van der Waals surface area contributed by atoms with Crippen LogP contribution in [0.2, 0.25) is 0 Å². The second-order valence-electron chi connectivity index (χ2n) is 6.46. The summed E-state index contributed by atoms with van der Waals surface area (Å²) in [4.78, 5) is 17.1. The normalized spacial score (nSPS) is 13.0. The molecular formula is C21H22FN3O2. The van der Waals surface area contributed by atoms with Crippen LogP contribution in [0, 0.1) is 12.7 Å². The highest BCUT2D eigenvalue weighted by Crippen LogP contribution is 2.21. The quantitative estimate of drug-likeness (QED) is 0.725. The molecule has 3 rings (SSSR count). The monoisotopic (exact) mass is 367 g/mol. The van der Waals surface area contributed by atoms with Gasteiger partial charge >= 0.3 is 0 Å². The summed E-state index contributed by atoms with van der Waals surface area (Å²) in [6.07, 6.45) is 2.75. The number of benzene rings is 2. The third-order valence-corrected chi connectivity index (χ3v) is 4.31. The zero-order valence-corrected chi connectivity index (χ0v) is 15.5. The molecule has 0 saturated carbocycles. The molecule has 6 heteroatoms. The molecule has 140 valence electrons. The zero-order valence-electron chi connectivity index (χ0n) is 15.5. The summed E-state index contributed by atoms with van der Waals surface area (Å²) in [7, 11) is 1.84. The lowest BCUT2D eigenvalue weighted by atomic mass is 10.1. The van der Waals surface area contributed by atoms with Gasteiger partial charge in [-0.1, -0.05) is 29.8 Å². The first-order valence-electron chi connectivity index (χ1n) is 8.70. The Morgan fingerprint density at radius 1 is 1.15 bits per heavy atom. The van der Waals surface area contributed by atoms with Crippen molar-refractivity contribution in [1.82, 2.24) is 14.9 Å². The highest BCUT2D eigenvalue weighted by atomic mass is 19.1. The van der Waals surface area contributed by atoms with Gasteiger partial charge in [0.15, 0.2) is 6.10 Å². The Hall–Kier alpha value is -3.15. The van der Waals surface area contributed by atoms with E-state index in [2.05, 4.69) is 10.3 Å². The van der Waals surface area contributed by atoms with Crippen molar-refractivity contribution in [3.8, 4) is 5.75 Å². The topological polar surface area (TPSA) is 56.1 Å². The maximum absolute atomic E-state index is 13.3.